The minimum Gasteiger partial charge on any atom is -0.507 e. The first-order chi connectivity index (χ1) is 10.1. The van der Waals surface area contributed by atoms with E-state index in [1.165, 1.54) is 6.07 Å². The zero-order valence-electron chi connectivity index (χ0n) is 12.1. The maximum absolute atomic E-state index is 9.93. The molecule has 0 bridgehead atoms. The van der Waals surface area contributed by atoms with Crippen LogP contribution in [-0.2, 0) is 6.42 Å². The summed E-state index contributed by atoms with van der Waals surface area (Å²) in [5.74, 6) is 1.56. The van der Waals surface area contributed by atoms with Crippen molar-refractivity contribution in [3.8, 4) is 23.0 Å². The predicted molar refractivity (Wildman–Crippen MR) is 79.2 cm³/mol. The van der Waals surface area contributed by atoms with Gasteiger partial charge in [0.25, 0.3) is 0 Å². The molecule has 1 atom stereocenters. The molecule has 0 saturated carbocycles. The summed E-state index contributed by atoms with van der Waals surface area (Å²) in [7, 11) is 1.64. The fourth-order valence-corrected chi connectivity index (χ4v) is 2.71. The number of hydrogen-bond acceptors (Lipinski definition) is 4. The van der Waals surface area contributed by atoms with Gasteiger partial charge in [0.15, 0.2) is 0 Å². The zero-order valence-corrected chi connectivity index (χ0v) is 12.1. The molecule has 1 aliphatic rings. The third kappa shape index (κ3) is 2.37. The van der Waals surface area contributed by atoms with E-state index in [2.05, 4.69) is 0 Å². The van der Waals surface area contributed by atoms with Crippen molar-refractivity contribution < 1.29 is 19.7 Å². The Morgan fingerprint density at radius 3 is 2.52 bits per heavy atom. The van der Waals surface area contributed by atoms with Crippen molar-refractivity contribution in [3.05, 3.63) is 47.0 Å². The molecule has 2 aromatic carbocycles. The normalized spacial score (nSPS) is 17.0. The Balaban J connectivity index is 1.93. The van der Waals surface area contributed by atoms with Crippen LogP contribution in [0.15, 0.2) is 30.3 Å². The van der Waals surface area contributed by atoms with Crippen LogP contribution in [0.1, 0.15) is 29.2 Å². The van der Waals surface area contributed by atoms with Crippen LogP contribution in [0.5, 0.6) is 23.0 Å². The molecule has 1 heterocycles. The molecule has 21 heavy (non-hydrogen) atoms. The molecule has 4 heteroatoms. The molecular weight excluding hydrogens is 268 g/mol. The molecular formula is C17H18O4. The van der Waals surface area contributed by atoms with Gasteiger partial charge in [-0.2, -0.15) is 0 Å². The SMILES string of the molecule is COc1ccc([C@@H]2CCc3c(O)cc(O)c(C)c3O2)cc1. The molecule has 0 amide bonds. The van der Waals surface area contributed by atoms with Crippen LogP contribution in [0.4, 0.5) is 0 Å². The first-order valence-electron chi connectivity index (χ1n) is 6.95. The summed E-state index contributed by atoms with van der Waals surface area (Å²) in [6, 6.07) is 9.15. The van der Waals surface area contributed by atoms with Crippen LogP contribution >= 0.6 is 0 Å². The Bertz CT molecular complexity index is 661. The first kappa shape index (κ1) is 13.6. The Kier molecular flexibility index (Phi) is 3.37. The van der Waals surface area contributed by atoms with Crippen molar-refractivity contribution in [2.45, 2.75) is 25.9 Å². The maximum Gasteiger partial charge on any atom is 0.133 e. The van der Waals surface area contributed by atoms with E-state index in [9.17, 15) is 10.2 Å². The second kappa shape index (κ2) is 5.20. The van der Waals surface area contributed by atoms with E-state index < -0.39 is 0 Å². The molecule has 0 fully saturated rings. The number of fused-ring (bicyclic) bond motifs is 1. The number of rotatable bonds is 2. The quantitative estimate of drug-likeness (QED) is 0.887. The summed E-state index contributed by atoms with van der Waals surface area (Å²) in [4.78, 5) is 0. The molecule has 0 aliphatic carbocycles. The monoisotopic (exact) mass is 286 g/mol. The number of methoxy groups -OCH3 is 1. The van der Waals surface area contributed by atoms with Gasteiger partial charge >= 0.3 is 0 Å². The highest BCUT2D eigenvalue weighted by molar-refractivity contribution is 5.56. The van der Waals surface area contributed by atoms with E-state index in [1.54, 1.807) is 14.0 Å². The summed E-state index contributed by atoms with van der Waals surface area (Å²) in [6.07, 6.45) is 1.43. The molecule has 110 valence electrons. The van der Waals surface area contributed by atoms with Crippen LogP contribution in [0, 0.1) is 6.92 Å². The van der Waals surface area contributed by atoms with Gasteiger partial charge in [0.1, 0.15) is 29.1 Å². The van der Waals surface area contributed by atoms with Crippen molar-refractivity contribution in [1.82, 2.24) is 0 Å². The topological polar surface area (TPSA) is 58.9 Å². The highest BCUT2D eigenvalue weighted by atomic mass is 16.5. The average molecular weight is 286 g/mol. The lowest BCUT2D eigenvalue weighted by Gasteiger charge is -2.28. The summed E-state index contributed by atoms with van der Waals surface area (Å²) in [6.45, 7) is 1.80. The third-order valence-electron chi connectivity index (χ3n) is 3.99. The molecule has 0 saturated heterocycles. The molecule has 2 aromatic rings. The van der Waals surface area contributed by atoms with Crippen LogP contribution in [0.2, 0.25) is 0 Å². The lowest BCUT2D eigenvalue weighted by molar-refractivity contribution is 0.172. The predicted octanol–water partition coefficient (Wildman–Crippen LogP) is 3.48. The molecule has 4 nitrogen and oxygen atoms in total. The van der Waals surface area contributed by atoms with Gasteiger partial charge in [0.05, 0.1) is 7.11 Å². The van der Waals surface area contributed by atoms with Crippen LogP contribution in [0.3, 0.4) is 0 Å². The smallest absolute Gasteiger partial charge is 0.133 e. The fourth-order valence-electron chi connectivity index (χ4n) is 2.71. The Morgan fingerprint density at radius 1 is 1.14 bits per heavy atom. The van der Waals surface area contributed by atoms with E-state index in [1.807, 2.05) is 24.3 Å². The van der Waals surface area contributed by atoms with E-state index >= 15 is 0 Å². The van der Waals surface area contributed by atoms with E-state index in [-0.39, 0.29) is 17.6 Å². The molecule has 0 spiro atoms. The van der Waals surface area contributed by atoms with Gasteiger partial charge in [0.2, 0.25) is 0 Å². The van der Waals surface area contributed by atoms with Gasteiger partial charge < -0.3 is 19.7 Å². The van der Waals surface area contributed by atoms with Gasteiger partial charge in [-0.1, -0.05) is 12.1 Å². The van der Waals surface area contributed by atoms with Crippen molar-refractivity contribution in [2.24, 2.45) is 0 Å². The lowest BCUT2D eigenvalue weighted by atomic mass is 9.95. The Labute approximate surface area is 123 Å². The maximum atomic E-state index is 9.93. The number of aromatic hydroxyl groups is 2. The van der Waals surface area contributed by atoms with Crippen LogP contribution in [-0.4, -0.2) is 17.3 Å². The number of hydrogen-bond donors (Lipinski definition) is 2. The minimum atomic E-state index is -0.0803. The second-order valence-electron chi connectivity index (χ2n) is 5.27. The van der Waals surface area contributed by atoms with Gasteiger partial charge in [-0.3, -0.25) is 0 Å². The zero-order chi connectivity index (χ0) is 15.0. The summed E-state index contributed by atoms with van der Waals surface area (Å²) in [5, 5.41) is 19.8. The van der Waals surface area contributed by atoms with E-state index in [0.717, 1.165) is 29.7 Å². The average Bonchev–Trinajstić information content (AvgIpc) is 2.52. The number of ether oxygens (including phenoxy) is 2. The molecule has 2 N–H and O–H groups in total. The Hall–Kier alpha value is -2.36. The molecule has 1 aliphatic heterocycles. The number of phenols is 2. The summed E-state index contributed by atoms with van der Waals surface area (Å²) < 4.78 is 11.2. The Morgan fingerprint density at radius 2 is 1.86 bits per heavy atom. The van der Waals surface area contributed by atoms with Crippen molar-refractivity contribution in [3.63, 3.8) is 0 Å². The van der Waals surface area contributed by atoms with Gasteiger partial charge in [-0.15, -0.1) is 0 Å². The lowest BCUT2D eigenvalue weighted by Crippen LogP contribution is -2.16. The van der Waals surface area contributed by atoms with E-state index in [0.29, 0.717) is 11.3 Å². The van der Waals surface area contributed by atoms with Gasteiger partial charge in [-0.05, 0) is 37.5 Å². The van der Waals surface area contributed by atoms with Crippen molar-refractivity contribution in [2.75, 3.05) is 7.11 Å². The highest BCUT2D eigenvalue weighted by Crippen LogP contribution is 2.44. The largest absolute Gasteiger partial charge is 0.507 e. The number of phenolic OH excluding ortho intramolecular Hbond substituents is 2. The molecule has 0 aromatic heterocycles. The first-order valence-corrected chi connectivity index (χ1v) is 6.95. The van der Waals surface area contributed by atoms with Crippen molar-refractivity contribution in [1.29, 1.82) is 0 Å². The fraction of sp³-hybridized carbons (Fsp3) is 0.294. The van der Waals surface area contributed by atoms with Gasteiger partial charge in [-0.25, -0.2) is 0 Å². The molecule has 0 radical (unpaired) electrons. The standard InChI is InChI=1S/C17H18O4/c1-10-14(18)9-15(19)13-7-8-16(21-17(10)13)11-3-5-12(20-2)6-4-11/h3-6,9,16,18-19H,7-8H2,1-2H3/t16-/m0/s1. The minimum absolute atomic E-state index is 0.0571. The van der Waals surface area contributed by atoms with Gasteiger partial charge in [0, 0.05) is 17.2 Å². The summed E-state index contributed by atoms with van der Waals surface area (Å²) >= 11 is 0. The highest BCUT2D eigenvalue weighted by Gasteiger charge is 2.26. The van der Waals surface area contributed by atoms with Crippen molar-refractivity contribution >= 4 is 0 Å². The molecule has 0 unspecified atom stereocenters. The molecule has 3 rings (SSSR count). The van der Waals surface area contributed by atoms with Crippen LogP contribution < -0.4 is 9.47 Å². The summed E-state index contributed by atoms with van der Waals surface area (Å²) in [5.41, 5.74) is 2.50. The van der Waals surface area contributed by atoms with E-state index in [4.69, 9.17) is 9.47 Å². The van der Waals surface area contributed by atoms with Crippen LogP contribution in [0.25, 0.3) is 0 Å². The third-order valence-corrected chi connectivity index (χ3v) is 3.99. The number of benzene rings is 2. The second-order valence-corrected chi connectivity index (χ2v) is 5.27.